The van der Waals surface area contributed by atoms with Crippen LogP contribution in [-0.4, -0.2) is 49.3 Å². The molecule has 21 heavy (non-hydrogen) atoms. The minimum absolute atomic E-state index is 0.0756. The number of carbonyl (C=O) groups excluding carboxylic acids is 1. The van der Waals surface area contributed by atoms with Crippen LogP contribution in [0.1, 0.15) is 35.7 Å². The lowest BCUT2D eigenvalue weighted by Crippen LogP contribution is -2.53. The maximum Gasteiger partial charge on any atom is 0.268 e. The van der Waals surface area contributed by atoms with Gasteiger partial charge in [-0.1, -0.05) is 0 Å². The molecule has 1 atom stereocenters. The summed E-state index contributed by atoms with van der Waals surface area (Å²) >= 11 is 0. The average Bonchev–Trinajstić information content (AvgIpc) is 3.00. The fourth-order valence-corrected chi connectivity index (χ4v) is 3.34. The van der Waals surface area contributed by atoms with Gasteiger partial charge in [0.15, 0.2) is 11.5 Å². The maximum atomic E-state index is 12.9. The third kappa shape index (κ3) is 2.35. The largest absolute Gasteiger partial charge is 0.493 e. The Morgan fingerprint density at radius 2 is 1.71 bits per heavy atom. The summed E-state index contributed by atoms with van der Waals surface area (Å²) in [6, 6.07) is 3.93. The SMILES string of the molecule is COc1cc2c(cc1OC)C(=O)N(N1CCCC1)C(C)C2. The molecule has 5 nitrogen and oxygen atoms in total. The standard InChI is InChI=1S/C16H22N2O3/c1-11-8-12-9-14(20-2)15(21-3)10-13(12)16(19)18(11)17-6-4-5-7-17/h9-11H,4-8H2,1-3H3. The molecule has 1 unspecified atom stereocenters. The van der Waals surface area contributed by atoms with Crippen molar-refractivity contribution in [3.8, 4) is 11.5 Å². The van der Waals surface area contributed by atoms with E-state index in [1.54, 1.807) is 14.2 Å². The van der Waals surface area contributed by atoms with Crippen LogP contribution >= 0.6 is 0 Å². The van der Waals surface area contributed by atoms with E-state index in [2.05, 4.69) is 11.9 Å². The van der Waals surface area contributed by atoms with Crippen molar-refractivity contribution in [3.05, 3.63) is 23.3 Å². The van der Waals surface area contributed by atoms with E-state index in [-0.39, 0.29) is 11.9 Å². The van der Waals surface area contributed by atoms with E-state index in [1.165, 1.54) is 0 Å². The monoisotopic (exact) mass is 290 g/mol. The molecule has 0 spiro atoms. The quantitative estimate of drug-likeness (QED) is 0.855. The summed E-state index contributed by atoms with van der Waals surface area (Å²) in [7, 11) is 3.22. The van der Waals surface area contributed by atoms with Crippen LogP contribution in [0.4, 0.5) is 0 Å². The predicted octanol–water partition coefficient (Wildman–Crippen LogP) is 2.10. The van der Waals surface area contributed by atoms with Gasteiger partial charge in [-0.15, -0.1) is 0 Å². The average molecular weight is 290 g/mol. The number of ether oxygens (including phenoxy) is 2. The fourth-order valence-electron chi connectivity index (χ4n) is 3.34. The number of methoxy groups -OCH3 is 2. The number of hydrogen-bond acceptors (Lipinski definition) is 4. The van der Waals surface area contributed by atoms with Crippen LogP contribution in [0.2, 0.25) is 0 Å². The molecule has 1 amide bonds. The Morgan fingerprint density at radius 1 is 1.10 bits per heavy atom. The van der Waals surface area contributed by atoms with Gasteiger partial charge >= 0.3 is 0 Å². The number of hydrazine groups is 1. The Balaban J connectivity index is 1.99. The molecule has 2 aliphatic heterocycles. The van der Waals surface area contributed by atoms with Gasteiger partial charge < -0.3 is 9.47 Å². The lowest BCUT2D eigenvalue weighted by atomic mass is 9.94. The first kappa shape index (κ1) is 14.2. The van der Waals surface area contributed by atoms with Crippen LogP contribution in [0, 0.1) is 0 Å². The van der Waals surface area contributed by atoms with Gasteiger partial charge in [0.05, 0.1) is 20.3 Å². The third-order valence-corrected chi connectivity index (χ3v) is 4.37. The Bertz CT molecular complexity index is 553. The number of amides is 1. The zero-order valence-corrected chi connectivity index (χ0v) is 12.9. The fraction of sp³-hybridized carbons (Fsp3) is 0.562. The second-order valence-corrected chi connectivity index (χ2v) is 5.73. The van der Waals surface area contributed by atoms with E-state index >= 15 is 0 Å². The van der Waals surface area contributed by atoms with Crippen molar-refractivity contribution in [2.75, 3.05) is 27.3 Å². The molecule has 0 aromatic heterocycles. The van der Waals surface area contributed by atoms with Gasteiger partial charge in [0.25, 0.3) is 5.91 Å². The summed E-state index contributed by atoms with van der Waals surface area (Å²) < 4.78 is 10.7. The molecule has 2 aliphatic rings. The molecule has 114 valence electrons. The van der Waals surface area contributed by atoms with Crippen molar-refractivity contribution in [2.24, 2.45) is 0 Å². The second kappa shape index (κ2) is 5.56. The zero-order valence-electron chi connectivity index (χ0n) is 12.9. The zero-order chi connectivity index (χ0) is 15.0. The van der Waals surface area contributed by atoms with Crippen LogP contribution in [-0.2, 0) is 6.42 Å². The van der Waals surface area contributed by atoms with Gasteiger partial charge in [0, 0.05) is 18.7 Å². The van der Waals surface area contributed by atoms with Crippen molar-refractivity contribution in [1.29, 1.82) is 0 Å². The van der Waals surface area contributed by atoms with Crippen LogP contribution < -0.4 is 9.47 Å². The van der Waals surface area contributed by atoms with Crippen LogP contribution in [0.25, 0.3) is 0 Å². The molecule has 1 aromatic rings. The molecule has 0 N–H and O–H groups in total. The third-order valence-electron chi connectivity index (χ3n) is 4.37. The number of nitrogens with zero attached hydrogens (tertiary/aromatic N) is 2. The summed E-state index contributed by atoms with van der Waals surface area (Å²) in [5.74, 6) is 1.37. The molecular weight excluding hydrogens is 268 g/mol. The molecule has 0 aliphatic carbocycles. The van der Waals surface area contributed by atoms with Crippen molar-refractivity contribution >= 4 is 5.91 Å². The Morgan fingerprint density at radius 3 is 2.33 bits per heavy atom. The molecule has 1 aromatic carbocycles. The molecule has 1 fully saturated rings. The first-order valence-corrected chi connectivity index (χ1v) is 7.49. The molecule has 0 saturated carbocycles. The highest BCUT2D eigenvalue weighted by Crippen LogP contribution is 2.35. The summed E-state index contributed by atoms with van der Waals surface area (Å²) in [5, 5.41) is 4.12. The molecule has 0 radical (unpaired) electrons. The van der Waals surface area contributed by atoms with Crippen LogP contribution in [0.3, 0.4) is 0 Å². The summed E-state index contributed by atoms with van der Waals surface area (Å²) in [4.78, 5) is 12.9. The summed E-state index contributed by atoms with van der Waals surface area (Å²) in [6.45, 7) is 4.05. The number of carbonyl (C=O) groups is 1. The number of hydrogen-bond donors (Lipinski definition) is 0. The molecule has 1 saturated heterocycles. The highest BCUT2D eigenvalue weighted by Gasteiger charge is 2.35. The maximum absolute atomic E-state index is 12.9. The van der Waals surface area contributed by atoms with Gasteiger partial charge in [-0.25, -0.2) is 5.01 Å². The number of rotatable bonds is 3. The van der Waals surface area contributed by atoms with Crippen molar-refractivity contribution < 1.29 is 14.3 Å². The molecular formula is C16H22N2O3. The molecule has 2 heterocycles. The molecule has 5 heteroatoms. The van der Waals surface area contributed by atoms with E-state index in [4.69, 9.17) is 9.47 Å². The summed E-state index contributed by atoms with van der Waals surface area (Å²) in [6.07, 6.45) is 3.17. The first-order chi connectivity index (χ1) is 10.2. The minimum atomic E-state index is 0.0756. The molecule has 3 rings (SSSR count). The number of fused-ring (bicyclic) bond motifs is 1. The smallest absolute Gasteiger partial charge is 0.268 e. The highest BCUT2D eigenvalue weighted by atomic mass is 16.5. The van der Waals surface area contributed by atoms with Crippen molar-refractivity contribution in [2.45, 2.75) is 32.2 Å². The minimum Gasteiger partial charge on any atom is -0.493 e. The van der Waals surface area contributed by atoms with Gasteiger partial charge in [0.1, 0.15) is 0 Å². The van der Waals surface area contributed by atoms with Gasteiger partial charge in [-0.3, -0.25) is 9.80 Å². The van der Waals surface area contributed by atoms with Gasteiger partial charge in [0.2, 0.25) is 0 Å². The van der Waals surface area contributed by atoms with Crippen molar-refractivity contribution in [3.63, 3.8) is 0 Å². The van der Waals surface area contributed by atoms with E-state index < -0.39 is 0 Å². The lowest BCUT2D eigenvalue weighted by molar-refractivity contribution is -0.0214. The van der Waals surface area contributed by atoms with Crippen molar-refractivity contribution in [1.82, 2.24) is 10.0 Å². The van der Waals surface area contributed by atoms with Gasteiger partial charge in [-0.05, 0) is 43.9 Å². The normalized spacial score (nSPS) is 22.3. The van der Waals surface area contributed by atoms with Gasteiger partial charge in [-0.2, -0.15) is 0 Å². The van der Waals surface area contributed by atoms with E-state index in [1.807, 2.05) is 17.1 Å². The Labute approximate surface area is 125 Å². The Hall–Kier alpha value is -1.75. The predicted molar refractivity (Wildman–Crippen MR) is 79.7 cm³/mol. The van der Waals surface area contributed by atoms with Crippen LogP contribution in [0.15, 0.2) is 12.1 Å². The first-order valence-electron chi connectivity index (χ1n) is 7.49. The second-order valence-electron chi connectivity index (χ2n) is 5.73. The van der Waals surface area contributed by atoms with E-state index in [0.717, 1.165) is 43.5 Å². The van der Waals surface area contributed by atoms with Crippen LogP contribution in [0.5, 0.6) is 11.5 Å². The Kier molecular flexibility index (Phi) is 3.76. The van der Waals surface area contributed by atoms with E-state index in [0.29, 0.717) is 11.5 Å². The lowest BCUT2D eigenvalue weighted by Gasteiger charge is -2.40. The topological polar surface area (TPSA) is 42.0 Å². The summed E-state index contributed by atoms with van der Waals surface area (Å²) in [5.41, 5.74) is 1.78. The molecule has 0 bridgehead atoms. The number of benzene rings is 1. The highest BCUT2D eigenvalue weighted by molar-refractivity contribution is 5.97. The van der Waals surface area contributed by atoms with E-state index in [9.17, 15) is 4.79 Å².